The first-order chi connectivity index (χ1) is 15.2. The van der Waals surface area contributed by atoms with Crippen LogP contribution in [0.3, 0.4) is 0 Å². The summed E-state index contributed by atoms with van der Waals surface area (Å²) in [6.07, 6.45) is 1.56. The molecule has 0 aliphatic carbocycles. The molecule has 8 nitrogen and oxygen atoms in total. The number of amides is 1. The van der Waals surface area contributed by atoms with E-state index < -0.39 is 0 Å². The first-order valence-electron chi connectivity index (χ1n) is 10.1. The van der Waals surface area contributed by atoms with Crippen molar-refractivity contribution in [3.05, 3.63) is 76.5 Å². The number of fused-ring (bicyclic) bond motifs is 1. The molecule has 0 radical (unpaired) electrons. The van der Waals surface area contributed by atoms with Gasteiger partial charge in [-0.05, 0) is 33.6 Å². The first-order valence-corrected chi connectivity index (χ1v) is 10.9. The monoisotopic (exact) mass is 477 g/mol. The van der Waals surface area contributed by atoms with Gasteiger partial charge < -0.3 is 9.80 Å². The second-order valence-corrected chi connectivity index (χ2v) is 8.22. The van der Waals surface area contributed by atoms with E-state index in [1.54, 1.807) is 11.0 Å². The minimum Gasteiger partial charge on any atom is -0.351 e. The summed E-state index contributed by atoms with van der Waals surface area (Å²) in [6.45, 7) is 3.18. The van der Waals surface area contributed by atoms with Gasteiger partial charge in [-0.1, -0.05) is 47.7 Å². The summed E-state index contributed by atoms with van der Waals surface area (Å²) in [5.41, 5.74) is 3.21. The van der Waals surface area contributed by atoms with E-state index in [2.05, 4.69) is 53.2 Å². The molecule has 1 saturated heterocycles. The molecule has 0 unspecified atom stereocenters. The van der Waals surface area contributed by atoms with Gasteiger partial charge in [-0.15, -0.1) is 5.10 Å². The maximum absolute atomic E-state index is 12.9. The average molecular weight is 478 g/mol. The van der Waals surface area contributed by atoms with Gasteiger partial charge >= 0.3 is 0 Å². The van der Waals surface area contributed by atoms with Crippen LogP contribution in [0.25, 0.3) is 11.2 Å². The molecule has 3 heterocycles. The van der Waals surface area contributed by atoms with Crippen LogP contribution in [0.1, 0.15) is 15.9 Å². The number of aromatic nitrogens is 5. The molecule has 0 bridgehead atoms. The Morgan fingerprint density at radius 2 is 1.68 bits per heavy atom. The lowest BCUT2D eigenvalue weighted by Crippen LogP contribution is -2.49. The molecule has 0 atom stereocenters. The predicted molar refractivity (Wildman–Crippen MR) is 121 cm³/mol. The Hall–Kier alpha value is -3.33. The summed E-state index contributed by atoms with van der Waals surface area (Å²) in [7, 11) is 0. The van der Waals surface area contributed by atoms with Crippen molar-refractivity contribution in [3.8, 4) is 0 Å². The van der Waals surface area contributed by atoms with Gasteiger partial charge in [-0.3, -0.25) is 4.79 Å². The quantitative estimate of drug-likeness (QED) is 0.449. The third-order valence-corrected chi connectivity index (χ3v) is 6.12. The third kappa shape index (κ3) is 3.88. The lowest BCUT2D eigenvalue weighted by atomic mass is 10.2. The Labute approximate surface area is 187 Å². The van der Waals surface area contributed by atoms with E-state index in [9.17, 15) is 4.79 Å². The van der Waals surface area contributed by atoms with Gasteiger partial charge in [0.05, 0.1) is 12.1 Å². The zero-order chi connectivity index (χ0) is 21.2. The van der Waals surface area contributed by atoms with Crippen molar-refractivity contribution in [1.82, 2.24) is 29.9 Å². The standard InChI is InChI=1S/C22H20BrN7O/c23-18-9-5-4-8-17(18)22(31)29-12-10-28(11-13-29)20-19-21(25-15-24-20)30(27-26-19)14-16-6-2-1-3-7-16/h1-9,15H,10-14H2. The van der Waals surface area contributed by atoms with E-state index in [1.165, 1.54) is 0 Å². The average Bonchev–Trinajstić information content (AvgIpc) is 3.23. The number of carbonyl (C=O) groups excluding carboxylic acids is 1. The Kier molecular flexibility index (Phi) is 5.33. The minimum absolute atomic E-state index is 0.0359. The second kappa shape index (κ2) is 8.43. The molecule has 1 amide bonds. The number of hydrogen-bond acceptors (Lipinski definition) is 6. The van der Waals surface area contributed by atoms with Crippen LogP contribution in [0.5, 0.6) is 0 Å². The zero-order valence-electron chi connectivity index (χ0n) is 16.7. The first kappa shape index (κ1) is 19.6. The van der Waals surface area contributed by atoms with Crippen LogP contribution in [-0.2, 0) is 6.54 Å². The summed E-state index contributed by atoms with van der Waals surface area (Å²) in [4.78, 5) is 25.8. The highest BCUT2D eigenvalue weighted by atomic mass is 79.9. The third-order valence-electron chi connectivity index (χ3n) is 5.43. The Balaban J connectivity index is 1.33. The molecule has 0 spiro atoms. The molecule has 1 aliphatic rings. The fourth-order valence-corrected chi connectivity index (χ4v) is 4.25. The smallest absolute Gasteiger partial charge is 0.255 e. The molecule has 9 heteroatoms. The molecular formula is C22H20BrN7O. The molecular weight excluding hydrogens is 458 g/mol. The van der Waals surface area contributed by atoms with Gasteiger partial charge in [0, 0.05) is 30.7 Å². The van der Waals surface area contributed by atoms with E-state index in [0.717, 1.165) is 15.9 Å². The van der Waals surface area contributed by atoms with E-state index >= 15 is 0 Å². The lowest BCUT2D eigenvalue weighted by molar-refractivity contribution is 0.0745. The summed E-state index contributed by atoms with van der Waals surface area (Å²) in [6, 6.07) is 17.6. The van der Waals surface area contributed by atoms with Crippen molar-refractivity contribution < 1.29 is 4.79 Å². The number of halogens is 1. The topological polar surface area (TPSA) is 80.0 Å². The van der Waals surface area contributed by atoms with Crippen LogP contribution in [0.4, 0.5) is 5.82 Å². The number of anilines is 1. The van der Waals surface area contributed by atoms with Crippen molar-refractivity contribution in [2.45, 2.75) is 6.54 Å². The molecule has 2 aromatic heterocycles. The fraction of sp³-hybridized carbons (Fsp3) is 0.227. The van der Waals surface area contributed by atoms with Crippen molar-refractivity contribution in [2.75, 3.05) is 31.1 Å². The predicted octanol–water partition coefficient (Wildman–Crippen LogP) is 2.99. The summed E-state index contributed by atoms with van der Waals surface area (Å²) < 4.78 is 2.61. The van der Waals surface area contributed by atoms with Gasteiger partial charge in [0.25, 0.3) is 5.91 Å². The summed E-state index contributed by atoms with van der Waals surface area (Å²) in [5, 5.41) is 8.67. The van der Waals surface area contributed by atoms with Crippen LogP contribution in [0.2, 0.25) is 0 Å². The van der Waals surface area contributed by atoms with Crippen LogP contribution >= 0.6 is 15.9 Å². The van der Waals surface area contributed by atoms with Gasteiger partial charge in [0.1, 0.15) is 6.33 Å². The Bertz CT molecular complexity index is 1220. The van der Waals surface area contributed by atoms with E-state index in [1.807, 2.05) is 47.4 Å². The maximum atomic E-state index is 12.9. The Morgan fingerprint density at radius 1 is 0.935 bits per heavy atom. The van der Waals surface area contributed by atoms with Gasteiger partial charge in [0.2, 0.25) is 0 Å². The van der Waals surface area contributed by atoms with Crippen molar-refractivity contribution in [2.24, 2.45) is 0 Å². The molecule has 156 valence electrons. The SMILES string of the molecule is O=C(c1ccccc1Br)N1CCN(c2ncnc3c2nnn3Cc2ccccc2)CC1. The van der Waals surface area contributed by atoms with Gasteiger partial charge in [-0.25, -0.2) is 14.6 Å². The van der Waals surface area contributed by atoms with Crippen LogP contribution in [0.15, 0.2) is 65.4 Å². The number of carbonyl (C=O) groups is 1. The molecule has 1 fully saturated rings. The lowest BCUT2D eigenvalue weighted by Gasteiger charge is -2.35. The van der Waals surface area contributed by atoms with E-state index in [4.69, 9.17) is 0 Å². The fourth-order valence-electron chi connectivity index (χ4n) is 3.80. The molecule has 0 N–H and O–H groups in total. The highest BCUT2D eigenvalue weighted by molar-refractivity contribution is 9.10. The maximum Gasteiger partial charge on any atom is 0.255 e. The largest absolute Gasteiger partial charge is 0.351 e. The Morgan fingerprint density at radius 3 is 2.45 bits per heavy atom. The molecule has 2 aromatic carbocycles. The van der Waals surface area contributed by atoms with Crippen molar-refractivity contribution in [1.29, 1.82) is 0 Å². The molecule has 5 rings (SSSR count). The molecule has 0 saturated carbocycles. The van der Waals surface area contributed by atoms with Crippen molar-refractivity contribution >= 4 is 38.8 Å². The minimum atomic E-state index is 0.0359. The molecule has 31 heavy (non-hydrogen) atoms. The highest BCUT2D eigenvalue weighted by Crippen LogP contribution is 2.24. The number of hydrogen-bond donors (Lipinski definition) is 0. The van der Waals surface area contributed by atoms with E-state index in [-0.39, 0.29) is 5.91 Å². The summed E-state index contributed by atoms with van der Waals surface area (Å²) in [5.74, 6) is 0.797. The van der Waals surface area contributed by atoms with E-state index in [0.29, 0.717) is 49.5 Å². The van der Waals surface area contributed by atoms with Crippen LogP contribution in [-0.4, -0.2) is 61.9 Å². The normalized spacial score (nSPS) is 14.2. The van der Waals surface area contributed by atoms with Crippen LogP contribution < -0.4 is 4.90 Å². The number of rotatable bonds is 4. The molecule has 1 aliphatic heterocycles. The van der Waals surface area contributed by atoms with Crippen molar-refractivity contribution in [3.63, 3.8) is 0 Å². The number of nitrogens with zero attached hydrogens (tertiary/aromatic N) is 7. The second-order valence-electron chi connectivity index (χ2n) is 7.36. The number of benzene rings is 2. The van der Waals surface area contributed by atoms with Gasteiger partial charge in [0.15, 0.2) is 17.0 Å². The number of piperazine rings is 1. The zero-order valence-corrected chi connectivity index (χ0v) is 18.3. The molecule has 4 aromatic rings. The van der Waals surface area contributed by atoms with Crippen LogP contribution in [0, 0.1) is 0 Å². The van der Waals surface area contributed by atoms with Gasteiger partial charge in [-0.2, -0.15) is 0 Å². The summed E-state index contributed by atoms with van der Waals surface area (Å²) >= 11 is 3.47. The highest BCUT2D eigenvalue weighted by Gasteiger charge is 2.26.